The van der Waals surface area contributed by atoms with Crippen molar-refractivity contribution in [1.82, 2.24) is 19.5 Å². The van der Waals surface area contributed by atoms with Crippen molar-refractivity contribution in [3.05, 3.63) is 77.7 Å². The molecule has 2 aromatic heterocycles. The molecule has 0 aliphatic carbocycles. The van der Waals surface area contributed by atoms with E-state index in [-0.39, 0.29) is 16.9 Å². The van der Waals surface area contributed by atoms with Gasteiger partial charge >= 0.3 is 11.4 Å². The molecule has 0 aliphatic rings. The van der Waals surface area contributed by atoms with Gasteiger partial charge in [0, 0.05) is 12.4 Å². The van der Waals surface area contributed by atoms with Gasteiger partial charge in [-0.25, -0.2) is 19.1 Å². The second-order valence-corrected chi connectivity index (χ2v) is 5.25. The average molecular weight is 371 g/mol. The molecular weight excluding hydrogens is 358 g/mol. The molecule has 2 heterocycles. The van der Waals surface area contributed by atoms with E-state index >= 15 is 0 Å². The lowest BCUT2D eigenvalue weighted by atomic mass is 10.2. The highest BCUT2D eigenvalue weighted by atomic mass is 16.5. The number of aromatic hydroxyl groups is 1. The zero-order valence-electron chi connectivity index (χ0n) is 13.8. The van der Waals surface area contributed by atoms with Crippen LogP contribution in [-0.2, 0) is 0 Å². The third-order valence-corrected chi connectivity index (χ3v) is 3.58. The van der Waals surface area contributed by atoms with E-state index in [0.29, 0.717) is 5.75 Å². The summed E-state index contributed by atoms with van der Waals surface area (Å²) in [5.41, 5.74) is -3.53. The fraction of sp³-hybridized carbons (Fsp3) is 0.0625. The molecule has 0 aliphatic heterocycles. The molecule has 11 nitrogen and oxygen atoms in total. The minimum Gasteiger partial charge on any atom is -0.497 e. The Morgan fingerprint density at radius 3 is 2.41 bits per heavy atom. The van der Waals surface area contributed by atoms with Gasteiger partial charge in [0.15, 0.2) is 0 Å². The predicted octanol–water partition coefficient (Wildman–Crippen LogP) is -0.633. The Hall–Kier alpha value is -4.15. The standard InChI is InChI=1S/C16H13N5O6/c1-27-9-4-2-8(3-5-9)21-14(24)10(12(22)20-16(21)26)6-17-11-7-18-15(25)19-13(11)23/h2-7,24H,1H3,(H,20,22,26)(H2,18,19,23,25). The van der Waals surface area contributed by atoms with Crippen LogP contribution in [0.25, 0.3) is 5.69 Å². The van der Waals surface area contributed by atoms with Gasteiger partial charge in [0.2, 0.25) is 5.88 Å². The smallest absolute Gasteiger partial charge is 0.335 e. The van der Waals surface area contributed by atoms with Crippen molar-refractivity contribution in [1.29, 1.82) is 0 Å². The Kier molecular flexibility index (Phi) is 4.58. The zero-order valence-corrected chi connectivity index (χ0v) is 13.8. The van der Waals surface area contributed by atoms with Crippen LogP contribution in [0.4, 0.5) is 5.69 Å². The number of aliphatic imine (C=N–C) groups is 1. The molecule has 0 atom stereocenters. The van der Waals surface area contributed by atoms with Crippen molar-refractivity contribution >= 4 is 11.9 Å². The van der Waals surface area contributed by atoms with Gasteiger partial charge in [0.05, 0.1) is 12.8 Å². The van der Waals surface area contributed by atoms with Gasteiger partial charge < -0.3 is 14.8 Å². The number of ether oxygens (including phenoxy) is 1. The molecule has 0 amide bonds. The SMILES string of the molecule is COc1ccc(-n2c(O)c(C=Nc3c[nH]c(=O)[nH]c3=O)c(=O)[nH]c2=O)cc1. The highest BCUT2D eigenvalue weighted by Gasteiger charge is 2.14. The van der Waals surface area contributed by atoms with E-state index in [9.17, 15) is 24.3 Å². The number of benzene rings is 1. The molecule has 138 valence electrons. The summed E-state index contributed by atoms with van der Waals surface area (Å²) in [6, 6.07) is 6.15. The van der Waals surface area contributed by atoms with Crippen molar-refractivity contribution in [2.75, 3.05) is 7.11 Å². The van der Waals surface area contributed by atoms with Gasteiger partial charge in [-0.15, -0.1) is 0 Å². The number of methoxy groups -OCH3 is 1. The summed E-state index contributed by atoms with van der Waals surface area (Å²) in [5, 5.41) is 10.4. The van der Waals surface area contributed by atoms with Crippen LogP contribution >= 0.6 is 0 Å². The normalized spacial score (nSPS) is 11.0. The first-order valence-corrected chi connectivity index (χ1v) is 7.49. The molecule has 0 saturated heterocycles. The maximum atomic E-state index is 12.1. The van der Waals surface area contributed by atoms with Crippen LogP contribution in [-0.4, -0.2) is 37.9 Å². The Bertz CT molecular complexity index is 1250. The van der Waals surface area contributed by atoms with Crippen molar-refractivity contribution in [2.24, 2.45) is 4.99 Å². The van der Waals surface area contributed by atoms with Gasteiger partial charge in [0.1, 0.15) is 17.0 Å². The van der Waals surface area contributed by atoms with Gasteiger partial charge in [-0.05, 0) is 24.3 Å². The van der Waals surface area contributed by atoms with Crippen molar-refractivity contribution in [3.63, 3.8) is 0 Å². The molecule has 0 unspecified atom stereocenters. The number of rotatable bonds is 4. The van der Waals surface area contributed by atoms with Crippen LogP contribution in [0.2, 0.25) is 0 Å². The highest BCUT2D eigenvalue weighted by molar-refractivity contribution is 5.84. The molecule has 27 heavy (non-hydrogen) atoms. The van der Waals surface area contributed by atoms with Crippen molar-refractivity contribution in [3.8, 4) is 17.3 Å². The summed E-state index contributed by atoms with van der Waals surface area (Å²) in [6.07, 6.45) is 1.96. The first-order chi connectivity index (χ1) is 12.9. The summed E-state index contributed by atoms with van der Waals surface area (Å²) in [4.78, 5) is 56.8. The predicted molar refractivity (Wildman–Crippen MR) is 95.8 cm³/mol. The zero-order chi connectivity index (χ0) is 19.6. The molecule has 0 bridgehead atoms. The van der Waals surface area contributed by atoms with Gasteiger partial charge in [-0.2, -0.15) is 0 Å². The number of nitrogens with one attached hydrogen (secondary N) is 3. The van der Waals surface area contributed by atoms with Crippen LogP contribution < -0.4 is 27.2 Å². The lowest BCUT2D eigenvalue weighted by molar-refractivity contribution is 0.414. The van der Waals surface area contributed by atoms with E-state index in [0.717, 1.165) is 17.0 Å². The fourth-order valence-corrected chi connectivity index (χ4v) is 2.26. The van der Waals surface area contributed by atoms with Gasteiger partial charge in [0.25, 0.3) is 11.1 Å². The topological polar surface area (TPSA) is 162 Å². The number of H-pyrrole nitrogens is 3. The average Bonchev–Trinajstić information content (AvgIpc) is 2.63. The molecular formula is C16H13N5O6. The van der Waals surface area contributed by atoms with E-state index in [4.69, 9.17) is 4.74 Å². The van der Waals surface area contributed by atoms with E-state index in [1.165, 1.54) is 19.2 Å². The van der Waals surface area contributed by atoms with Gasteiger partial charge in [-0.3, -0.25) is 19.6 Å². The summed E-state index contributed by atoms with van der Waals surface area (Å²) in [7, 11) is 1.48. The van der Waals surface area contributed by atoms with E-state index in [1.54, 1.807) is 12.1 Å². The maximum absolute atomic E-state index is 12.1. The van der Waals surface area contributed by atoms with Crippen molar-refractivity contribution in [2.45, 2.75) is 0 Å². The van der Waals surface area contributed by atoms with Crippen LogP contribution in [0.1, 0.15) is 5.56 Å². The summed E-state index contributed by atoms with van der Waals surface area (Å²) < 4.78 is 5.89. The highest BCUT2D eigenvalue weighted by Crippen LogP contribution is 2.18. The summed E-state index contributed by atoms with van der Waals surface area (Å²) in [6.45, 7) is 0. The first-order valence-electron chi connectivity index (χ1n) is 7.49. The molecule has 4 N–H and O–H groups in total. The molecule has 3 rings (SSSR count). The molecule has 0 saturated carbocycles. The molecule has 0 fully saturated rings. The third-order valence-electron chi connectivity index (χ3n) is 3.58. The Morgan fingerprint density at radius 2 is 1.78 bits per heavy atom. The van der Waals surface area contributed by atoms with E-state index < -0.39 is 28.4 Å². The van der Waals surface area contributed by atoms with Crippen LogP contribution in [0, 0.1) is 0 Å². The van der Waals surface area contributed by atoms with Crippen molar-refractivity contribution < 1.29 is 9.84 Å². The van der Waals surface area contributed by atoms with Crippen LogP contribution in [0.5, 0.6) is 11.6 Å². The van der Waals surface area contributed by atoms with Crippen LogP contribution in [0.15, 0.2) is 54.6 Å². The number of hydrogen-bond donors (Lipinski definition) is 4. The second kappa shape index (κ2) is 7.00. The molecule has 11 heteroatoms. The minimum atomic E-state index is -0.896. The third kappa shape index (κ3) is 3.46. The Balaban J connectivity index is 2.12. The van der Waals surface area contributed by atoms with E-state index in [1.807, 2.05) is 4.98 Å². The number of aromatic nitrogens is 4. The Labute approximate surface area is 149 Å². The molecule has 0 spiro atoms. The quantitative estimate of drug-likeness (QED) is 0.446. The largest absolute Gasteiger partial charge is 0.497 e. The Morgan fingerprint density at radius 1 is 1.07 bits per heavy atom. The minimum absolute atomic E-state index is 0.199. The molecule has 0 radical (unpaired) electrons. The summed E-state index contributed by atoms with van der Waals surface area (Å²) >= 11 is 0. The first kappa shape index (κ1) is 17.7. The monoisotopic (exact) mass is 371 g/mol. The number of nitrogens with zero attached hydrogens (tertiary/aromatic N) is 2. The lowest BCUT2D eigenvalue weighted by Crippen LogP contribution is -2.31. The fourth-order valence-electron chi connectivity index (χ4n) is 2.26. The molecule has 3 aromatic rings. The maximum Gasteiger partial charge on any atom is 0.335 e. The number of hydrogen-bond acceptors (Lipinski definition) is 7. The van der Waals surface area contributed by atoms with Gasteiger partial charge in [-0.1, -0.05) is 0 Å². The number of aromatic amines is 3. The van der Waals surface area contributed by atoms with E-state index in [2.05, 4.69) is 15.0 Å². The second-order valence-electron chi connectivity index (χ2n) is 5.25. The lowest BCUT2D eigenvalue weighted by Gasteiger charge is -2.10. The molecule has 1 aromatic carbocycles. The summed E-state index contributed by atoms with van der Waals surface area (Å²) in [5.74, 6) is -0.131. The van der Waals surface area contributed by atoms with Crippen LogP contribution in [0.3, 0.4) is 0 Å².